The highest BCUT2D eigenvalue weighted by atomic mass is 79.9. The van der Waals surface area contributed by atoms with Gasteiger partial charge in [0.25, 0.3) is 0 Å². The van der Waals surface area contributed by atoms with Gasteiger partial charge in [0.2, 0.25) is 0 Å². The van der Waals surface area contributed by atoms with Crippen LogP contribution >= 0.6 is 17.0 Å². The number of ether oxygens (including phenoxy) is 1. The maximum absolute atomic E-state index is 10.6. The summed E-state index contributed by atoms with van der Waals surface area (Å²) in [6.45, 7) is 5.86. The summed E-state index contributed by atoms with van der Waals surface area (Å²) in [5.41, 5.74) is 0. The summed E-state index contributed by atoms with van der Waals surface area (Å²) in [6, 6.07) is 0.102. The van der Waals surface area contributed by atoms with E-state index in [1.807, 2.05) is 0 Å². The predicted molar refractivity (Wildman–Crippen MR) is 99.8 cm³/mol. The fraction of sp³-hybridized carbons (Fsp3) is 1.00. The molecule has 2 unspecified atom stereocenters. The lowest BCUT2D eigenvalue weighted by Crippen LogP contribution is -2.57. The summed E-state index contributed by atoms with van der Waals surface area (Å²) in [6.07, 6.45) is 15.0. The van der Waals surface area contributed by atoms with Crippen molar-refractivity contribution in [2.45, 2.75) is 103 Å². The van der Waals surface area contributed by atoms with E-state index in [0.29, 0.717) is 6.61 Å². The Bertz CT molecular complexity index is 253. The van der Waals surface area contributed by atoms with Gasteiger partial charge in [-0.05, 0) is 12.8 Å². The van der Waals surface area contributed by atoms with E-state index in [9.17, 15) is 5.11 Å². The summed E-state index contributed by atoms with van der Waals surface area (Å²) in [5, 5.41) is 13.9. The lowest BCUT2D eigenvalue weighted by Gasteiger charge is -2.40. The van der Waals surface area contributed by atoms with Gasteiger partial charge in [-0.1, -0.05) is 71.6 Å². The predicted octanol–water partition coefficient (Wildman–Crippen LogP) is 4.96. The molecule has 3 nitrogen and oxygen atoms in total. The van der Waals surface area contributed by atoms with Gasteiger partial charge in [-0.3, -0.25) is 0 Å². The third-order valence-electron chi connectivity index (χ3n) is 4.69. The Balaban J connectivity index is 0.00000441. The molecule has 4 heteroatoms. The van der Waals surface area contributed by atoms with Crippen molar-refractivity contribution in [1.29, 1.82) is 0 Å². The van der Waals surface area contributed by atoms with Crippen LogP contribution in [0.3, 0.4) is 0 Å². The number of unbranched alkanes of at least 4 members (excludes halogenated alkanes) is 9. The van der Waals surface area contributed by atoms with E-state index in [0.717, 1.165) is 25.8 Å². The van der Waals surface area contributed by atoms with Crippen LogP contribution < -0.4 is 5.32 Å². The topological polar surface area (TPSA) is 41.5 Å². The minimum Gasteiger partial charge on any atom is -0.364 e. The zero-order valence-electron chi connectivity index (χ0n) is 14.7. The molecule has 0 aromatic heterocycles. The highest BCUT2D eigenvalue weighted by Crippen LogP contribution is 2.25. The molecule has 2 N–H and O–H groups in total. The van der Waals surface area contributed by atoms with Gasteiger partial charge in [-0.25, -0.2) is 0 Å². The van der Waals surface area contributed by atoms with Crippen LogP contribution in [0.4, 0.5) is 0 Å². The molecule has 0 amide bonds. The average Bonchev–Trinajstić information content (AvgIpc) is 2.49. The van der Waals surface area contributed by atoms with E-state index in [2.05, 4.69) is 19.2 Å². The van der Waals surface area contributed by atoms with E-state index < -0.39 is 5.79 Å². The lowest BCUT2D eigenvalue weighted by atomic mass is 9.96. The van der Waals surface area contributed by atoms with Gasteiger partial charge in [-0.2, -0.15) is 0 Å². The van der Waals surface area contributed by atoms with Crippen molar-refractivity contribution in [2.24, 2.45) is 0 Å². The van der Waals surface area contributed by atoms with Crippen LogP contribution in [0.25, 0.3) is 0 Å². The van der Waals surface area contributed by atoms with E-state index in [-0.39, 0.29) is 23.0 Å². The fourth-order valence-corrected chi connectivity index (χ4v) is 3.30. The molecule has 1 rings (SSSR count). The quantitative estimate of drug-likeness (QED) is 0.470. The first-order valence-corrected chi connectivity index (χ1v) is 9.32. The molecule has 0 radical (unpaired) electrons. The maximum Gasteiger partial charge on any atom is 0.181 e. The molecular formula is C18H38BrNO2. The molecule has 1 fully saturated rings. The Morgan fingerprint density at radius 3 is 2.05 bits per heavy atom. The Morgan fingerprint density at radius 1 is 0.955 bits per heavy atom. The Hall–Kier alpha value is 0.360. The largest absolute Gasteiger partial charge is 0.364 e. The second-order valence-corrected chi connectivity index (χ2v) is 6.54. The smallest absolute Gasteiger partial charge is 0.181 e. The fourth-order valence-electron chi connectivity index (χ4n) is 3.30. The van der Waals surface area contributed by atoms with E-state index >= 15 is 0 Å². The molecule has 0 aromatic rings. The number of hydrogen-bond donors (Lipinski definition) is 2. The molecule has 1 aliphatic rings. The van der Waals surface area contributed by atoms with Crippen molar-refractivity contribution in [1.82, 2.24) is 5.32 Å². The summed E-state index contributed by atoms with van der Waals surface area (Å²) in [5.74, 6) is -0.923. The number of morpholine rings is 1. The van der Waals surface area contributed by atoms with Gasteiger partial charge < -0.3 is 15.2 Å². The minimum absolute atomic E-state index is 0. The minimum atomic E-state index is -0.923. The van der Waals surface area contributed by atoms with Crippen molar-refractivity contribution < 1.29 is 9.84 Å². The van der Waals surface area contributed by atoms with Gasteiger partial charge in [-0.15, -0.1) is 17.0 Å². The van der Waals surface area contributed by atoms with Crippen LogP contribution in [0.5, 0.6) is 0 Å². The number of rotatable bonds is 12. The molecule has 0 aliphatic carbocycles. The third-order valence-corrected chi connectivity index (χ3v) is 4.69. The molecule has 2 atom stereocenters. The second-order valence-electron chi connectivity index (χ2n) is 6.54. The molecule has 0 saturated carbocycles. The van der Waals surface area contributed by atoms with Gasteiger partial charge in [0, 0.05) is 13.0 Å². The molecule has 1 heterocycles. The first kappa shape index (κ1) is 22.4. The van der Waals surface area contributed by atoms with Crippen LogP contribution in [0.15, 0.2) is 0 Å². The number of nitrogens with one attached hydrogen (secondary N) is 1. The van der Waals surface area contributed by atoms with Crippen molar-refractivity contribution >= 4 is 17.0 Å². The Labute approximate surface area is 148 Å². The summed E-state index contributed by atoms with van der Waals surface area (Å²) >= 11 is 0. The van der Waals surface area contributed by atoms with Crippen molar-refractivity contribution in [3.8, 4) is 0 Å². The SMILES string of the molecule is Br.CCCCCCCCCCCCC1(O)OCCNC1CC. The Morgan fingerprint density at radius 2 is 1.50 bits per heavy atom. The molecular weight excluding hydrogens is 342 g/mol. The van der Waals surface area contributed by atoms with Crippen LogP contribution in [0.1, 0.15) is 90.9 Å². The highest BCUT2D eigenvalue weighted by molar-refractivity contribution is 8.93. The third kappa shape index (κ3) is 8.85. The van der Waals surface area contributed by atoms with Crippen LogP contribution in [-0.2, 0) is 4.74 Å². The van der Waals surface area contributed by atoms with Crippen molar-refractivity contribution in [2.75, 3.05) is 13.2 Å². The molecule has 1 aliphatic heterocycles. The summed E-state index contributed by atoms with van der Waals surface area (Å²) in [4.78, 5) is 0. The number of aliphatic hydroxyl groups is 1. The van der Waals surface area contributed by atoms with Gasteiger partial charge in [0.05, 0.1) is 12.6 Å². The zero-order chi connectivity index (χ0) is 15.4. The summed E-state index contributed by atoms with van der Waals surface area (Å²) < 4.78 is 5.64. The molecule has 22 heavy (non-hydrogen) atoms. The number of hydrogen-bond acceptors (Lipinski definition) is 3. The molecule has 0 bridgehead atoms. The Kier molecular flexibility index (Phi) is 14.0. The first-order valence-electron chi connectivity index (χ1n) is 9.32. The first-order chi connectivity index (χ1) is 10.2. The van der Waals surface area contributed by atoms with Gasteiger partial charge in [0.15, 0.2) is 5.79 Å². The normalized spacial score (nSPS) is 25.0. The monoisotopic (exact) mass is 379 g/mol. The summed E-state index contributed by atoms with van der Waals surface area (Å²) in [7, 11) is 0. The van der Waals surface area contributed by atoms with Crippen molar-refractivity contribution in [3.05, 3.63) is 0 Å². The van der Waals surface area contributed by atoms with E-state index in [1.54, 1.807) is 0 Å². The van der Waals surface area contributed by atoms with E-state index in [1.165, 1.54) is 57.8 Å². The van der Waals surface area contributed by atoms with Crippen LogP contribution in [0.2, 0.25) is 0 Å². The van der Waals surface area contributed by atoms with Crippen molar-refractivity contribution in [3.63, 3.8) is 0 Å². The lowest BCUT2D eigenvalue weighted by molar-refractivity contribution is -0.243. The molecule has 0 aromatic carbocycles. The van der Waals surface area contributed by atoms with Crippen LogP contribution in [0, 0.1) is 0 Å². The number of halogens is 1. The van der Waals surface area contributed by atoms with Gasteiger partial charge >= 0.3 is 0 Å². The van der Waals surface area contributed by atoms with Gasteiger partial charge in [0.1, 0.15) is 0 Å². The molecule has 1 saturated heterocycles. The maximum atomic E-state index is 10.6. The molecule has 134 valence electrons. The van der Waals surface area contributed by atoms with Crippen LogP contribution in [-0.4, -0.2) is 30.1 Å². The molecule has 0 spiro atoms. The average molecular weight is 380 g/mol. The standard InChI is InChI=1S/C18H37NO2.BrH/c1-3-5-6-7-8-9-10-11-12-13-14-18(20)17(4-2)19-15-16-21-18;/h17,19-20H,3-16H2,1-2H3;1H. The van der Waals surface area contributed by atoms with E-state index in [4.69, 9.17) is 4.74 Å². The second kappa shape index (κ2) is 13.8. The zero-order valence-corrected chi connectivity index (χ0v) is 16.5. The highest BCUT2D eigenvalue weighted by Gasteiger charge is 2.38.